The maximum absolute atomic E-state index is 14.8. The van der Waals surface area contributed by atoms with Gasteiger partial charge in [-0.25, -0.2) is 9.38 Å². The molecule has 2 N–H and O–H groups in total. The van der Waals surface area contributed by atoms with Gasteiger partial charge in [0.25, 0.3) is 6.02 Å². The molecule has 5 nitrogen and oxygen atoms in total. The van der Waals surface area contributed by atoms with Crippen LogP contribution >= 0.6 is 0 Å². The maximum atomic E-state index is 14.8. The van der Waals surface area contributed by atoms with Crippen molar-refractivity contribution in [1.29, 1.82) is 5.26 Å². The first-order valence-electron chi connectivity index (χ1n) is 9.40. The van der Waals surface area contributed by atoms with Gasteiger partial charge in [0.2, 0.25) is 0 Å². The van der Waals surface area contributed by atoms with Crippen LogP contribution in [0.3, 0.4) is 0 Å². The van der Waals surface area contributed by atoms with Crippen molar-refractivity contribution in [3.05, 3.63) is 88.7 Å². The Labute approximate surface area is 174 Å². The lowest BCUT2D eigenvalue weighted by Crippen LogP contribution is -2.27. The molecule has 0 bridgehead atoms. The quantitative estimate of drug-likeness (QED) is 0.708. The summed E-state index contributed by atoms with van der Waals surface area (Å²) in [6.45, 7) is 2.15. The Bertz CT molecular complexity index is 1200. The lowest BCUT2D eigenvalue weighted by molar-refractivity contribution is 0.278. The number of ether oxygens (including phenoxy) is 2. The van der Waals surface area contributed by atoms with Gasteiger partial charge in [0, 0.05) is 5.56 Å². The van der Waals surface area contributed by atoms with E-state index in [1.54, 1.807) is 43.5 Å². The second kappa shape index (κ2) is 7.53. The molecule has 0 amide bonds. The van der Waals surface area contributed by atoms with Crippen LogP contribution in [-0.2, 0) is 10.3 Å². The third kappa shape index (κ3) is 3.25. The van der Waals surface area contributed by atoms with E-state index in [1.165, 1.54) is 6.07 Å². The van der Waals surface area contributed by atoms with E-state index in [-0.39, 0.29) is 18.4 Å². The van der Waals surface area contributed by atoms with Crippen molar-refractivity contribution >= 4 is 6.02 Å². The van der Waals surface area contributed by atoms with E-state index in [4.69, 9.17) is 15.2 Å². The van der Waals surface area contributed by atoms with Gasteiger partial charge in [-0.15, -0.1) is 0 Å². The number of benzene rings is 3. The normalized spacial score (nSPS) is 17.7. The van der Waals surface area contributed by atoms with Gasteiger partial charge in [-0.2, -0.15) is 5.26 Å². The number of amidine groups is 1. The number of halogens is 1. The summed E-state index contributed by atoms with van der Waals surface area (Å²) < 4.78 is 25.7. The Morgan fingerprint density at radius 1 is 1.13 bits per heavy atom. The standard InChI is InChI=1S/C24H20FN3O2/c1-15-10-18(7-9-22(15)29-2)24(14-30-23(27)28-24)19-6-8-21(25)20(12-19)17-5-3-4-16(11-17)13-26/h3-12H,14H2,1-2H3,(H2,27,28). The van der Waals surface area contributed by atoms with Gasteiger partial charge in [0.1, 0.15) is 18.2 Å². The highest BCUT2D eigenvalue weighted by Gasteiger charge is 2.40. The molecule has 0 spiro atoms. The van der Waals surface area contributed by atoms with Gasteiger partial charge in [0.15, 0.2) is 5.54 Å². The fraction of sp³-hybridized carbons (Fsp3) is 0.167. The molecule has 0 saturated heterocycles. The molecular formula is C24H20FN3O2. The predicted molar refractivity (Wildman–Crippen MR) is 113 cm³/mol. The summed E-state index contributed by atoms with van der Waals surface area (Å²) in [5.74, 6) is 0.378. The van der Waals surface area contributed by atoms with Crippen molar-refractivity contribution in [3.63, 3.8) is 0 Å². The first-order chi connectivity index (χ1) is 14.5. The van der Waals surface area contributed by atoms with Crippen LogP contribution in [0.2, 0.25) is 0 Å². The zero-order valence-electron chi connectivity index (χ0n) is 16.6. The van der Waals surface area contributed by atoms with Crippen LogP contribution in [0.5, 0.6) is 5.75 Å². The molecule has 0 aromatic heterocycles. The monoisotopic (exact) mass is 401 g/mol. The van der Waals surface area contributed by atoms with Gasteiger partial charge >= 0.3 is 0 Å². The Kier molecular flexibility index (Phi) is 4.88. The molecular weight excluding hydrogens is 381 g/mol. The van der Waals surface area contributed by atoms with Crippen molar-refractivity contribution in [2.45, 2.75) is 12.5 Å². The van der Waals surface area contributed by atoms with E-state index < -0.39 is 5.54 Å². The van der Waals surface area contributed by atoms with E-state index in [0.29, 0.717) is 16.7 Å². The molecule has 150 valence electrons. The fourth-order valence-electron chi connectivity index (χ4n) is 3.79. The minimum Gasteiger partial charge on any atom is -0.496 e. The van der Waals surface area contributed by atoms with Crippen LogP contribution in [0.4, 0.5) is 4.39 Å². The highest BCUT2D eigenvalue weighted by atomic mass is 19.1. The van der Waals surface area contributed by atoms with E-state index in [0.717, 1.165) is 22.4 Å². The number of nitrogens with zero attached hydrogens (tertiary/aromatic N) is 2. The first-order valence-corrected chi connectivity index (χ1v) is 9.40. The number of aliphatic imine (C=N–C) groups is 1. The molecule has 4 rings (SSSR count). The van der Waals surface area contributed by atoms with Crippen LogP contribution < -0.4 is 10.5 Å². The molecule has 3 aromatic carbocycles. The SMILES string of the molecule is COc1ccc(C2(c3ccc(F)c(-c4cccc(C#N)c4)c3)COC(N)=N2)cc1C. The van der Waals surface area contributed by atoms with Gasteiger partial charge < -0.3 is 15.2 Å². The van der Waals surface area contributed by atoms with E-state index in [1.807, 2.05) is 25.1 Å². The summed E-state index contributed by atoms with van der Waals surface area (Å²) in [5, 5.41) is 9.19. The minimum atomic E-state index is -0.906. The highest BCUT2D eigenvalue weighted by molar-refractivity contribution is 5.76. The molecule has 0 fully saturated rings. The Hall–Kier alpha value is -3.85. The smallest absolute Gasteiger partial charge is 0.283 e. The lowest BCUT2D eigenvalue weighted by atomic mass is 9.82. The average Bonchev–Trinajstić information content (AvgIpc) is 3.17. The third-order valence-electron chi connectivity index (χ3n) is 5.35. The topological polar surface area (TPSA) is 80.6 Å². The molecule has 6 heteroatoms. The van der Waals surface area contributed by atoms with Crippen LogP contribution in [-0.4, -0.2) is 19.7 Å². The molecule has 0 saturated carbocycles. The second-order valence-corrected chi connectivity index (χ2v) is 7.17. The first kappa shape index (κ1) is 19.5. The Morgan fingerprint density at radius 2 is 1.90 bits per heavy atom. The lowest BCUT2D eigenvalue weighted by Gasteiger charge is -2.26. The van der Waals surface area contributed by atoms with Gasteiger partial charge in [-0.3, -0.25) is 0 Å². The van der Waals surface area contributed by atoms with Gasteiger partial charge in [-0.1, -0.05) is 24.3 Å². The molecule has 1 unspecified atom stereocenters. The van der Waals surface area contributed by atoms with Crippen LogP contribution in [0.25, 0.3) is 11.1 Å². The summed E-state index contributed by atoms with van der Waals surface area (Å²) in [6.07, 6.45) is 0. The number of rotatable bonds is 4. The van der Waals surface area contributed by atoms with Crippen molar-refractivity contribution in [2.75, 3.05) is 13.7 Å². The number of aryl methyl sites for hydroxylation is 1. The molecule has 1 aliphatic rings. The fourth-order valence-corrected chi connectivity index (χ4v) is 3.79. The Balaban J connectivity index is 1.89. The van der Waals surface area contributed by atoms with Crippen molar-refractivity contribution in [1.82, 2.24) is 0 Å². The summed E-state index contributed by atoms with van der Waals surface area (Å²) >= 11 is 0. The zero-order chi connectivity index (χ0) is 21.3. The van der Waals surface area contributed by atoms with E-state index in [9.17, 15) is 9.65 Å². The molecule has 1 heterocycles. The number of nitrogens with two attached hydrogens (primary N) is 1. The van der Waals surface area contributed by atoms with E-state index >= 15 is 0 Å². The number of hydrogen-bond acceptors (Lipinski definition) is 5. The molecule has 1 atom stereocenters. The molecule has 0 aliphatic carbocycles. The number of hydrogen-bond donors (Lipinski definition) is 1. The van der Waals surface area contributed by atoms with Gasteiger partial charge in [0.05, 0.1) is 18.7 Å². The summed E-state index contributed by atoms with van der Waals surface area (Å²) in [4.78, 5) is 4.61. The van der Waals surface area contributed by atoms with Crippen molar-refractivity contribution in [3.8, 4) is 22.9 Å². The average molecular weight is 401 g/mol. The summed E-state index contributed by atoms with van der Waals surface area (Å²) in [6, 6.07) is 19.6. The highest BCUT2D eigenvalue weighted by Crippen LogP contribution is 2.40. The molecule has 0 radical (unpaired) electrons. The van der Waals surface area contributed by atoms with Crippen LogP contribution in [0.1, 0.15) is 22.3 Å². The predicted octanol–water partition coefficient (Wildman–Crippen LogP) is 4.27. The molecule has 3 aromatic rings. The molecule has 1 aliphatic heterocycles. The van der Waals surface area contributed by atoms with Crippen LogP contribution in [0.15, 0.2) is 65.7 Å². The largest absolute Gasteiger partial charge is 0.496 e. The summed E-state index contributed by atoms with van der Waals surface area (Å²) in [5.41, 5.74) is 9.00. The number of methoxy groups -OCH3 is 1. The Morgan fingerprint density at radius 3 is 2.57 bits per heavy atom. The summed E-state index contributed by atoms with van der Waals surface area (Å²) in [7, 11) is 1.62. The van der Waals surface area contributed by atoms with E-state index in [2.05, 4.69) is 11.1 Å². The third-order valence-corrected chi connectivity index (χ3v) is 5.35. The molecule has 30 heavy (non-hydrogen) atoms. The zero-order valence-corrected chi connectivity index (χ0v) is 16.6. The van der Waals surface area contributed by atoms with Crippen molar-refractivity contribution < 1.29 is 13.9 Å². The van der Waals surface area contributed by atoms with Crippen molar-refractivity contribution in [2.24, 2.45) is 10.7 Å². The maximum Gasteiger partial charge on any atom is 0.283 e. The minimum absolute atomic E-state index is 0.0841. The number of nitriles is 1. The van der Waals surface area contributed by atoms with Crippen LogP contribution in [0, 0.1) is 24.1 Å². The second-order valence-electron chi connectivity index (χ2n) is 7.17. The van der Waals surface area contributed by atoms with Gasteiger partial charge in [-0.05, 0) is 65.6 Å².